The van der Waals surface area contributed by atoms with E-state index in [9.17, 15) is 4.79 Å². The van der Waals surface area contributed by atoms with E-state index >= 15 is 0 Å². The van der Waals surface area contributed by atoms with Crippen molar-refractivity contribution in [3.8, 4) is 5.69 Å². The molecule has 0 amide bonds. The monoisotopic (exact) mass is 198 g/mol. The van der Waals surface area contributed by atoms with Crippen LogP contribution in [0.2, 0.25) is 0 Å². The summed E-state index contributed by atoms with van der Waals surface area (Å²) >= 11 is 0. The Labute approximate surface area is 87.7 Å². The van der Waals surface area contributed by atoms with Crippen LogP contribution in [-0.2, 0) is 4.79 Å². The average molecular weight is 198 g/mol. The molecular formula is C12H10N2O. The van der Waals surface area contributed by atoms with E-state index in [1.807, 2.05) is 36.5 Å². The number of benzene rings is 1. The molecule has 3 heteroatoms. The van der Waals surface area contributed by atoms with Crippen molar-refractivity contribution in [2.75, 3.05) is 0 Å². The summed E-state index contributed by atoms with van der Waals surface area (Å²) in [5.41, 5.74) is 2.00. The van der Waals surface area contributed by atoms with Crippen LogP contribution in [0.1, 0.15) is 5.56 Å². The van der Waals surface area contributed by atoms with Crippen LogP contribution in [0.5, 0.6) is 0 Å². The average Bonchev–Trinajstić information content (AvgIpc) is 2.80. The highest BCUT2D eigenvalue weighted by molar-refractivity contribution is 5.73. The summed E-state index contributed by atoms with van der Waals surface area (Å²) in [6, 6.07) is 9.67. The number of hydrogen-bond acceptors (Lipinski definition) is 2. The zero-order valence-corrected chi connectivity index (χ0v) is 8.08. The highest BCUT2D eigenvalue weighted by Gasteiger charge is 1.94. The van der Waals surface area contributed by atoms with Crippen LogP contribution in [-0.4, -0.2) is 16.1 Å². The molecule has 0 bridgehead atoms. The number of hydrogen-bond donors (Lipinski definition) is 0. The minimum absolute atomic E-state index is 0.765. The van der Waals surface area contributed by atoms with Gasteiger partial charge in [0.05, 0.1) is 5.69 Å². The van der Waals surface area contributed by atoms with Gasteiger partial charge >= 0.3 is 0 Å². The van der Waals surface area contributed by atoms with Gasteiger partial charge in [-0.1, -0.05) is 18.2 Å². The number of nitrogens with zero attached hydrogens (tertiary/aromatic N) is 2. The Morgan fingerprint density at radius 2 is 2.00 bits per heavy atom. The molecule has 0 spiro atoms. The van der Waals surface area contributed by atoms with E-state index in [-0.39, 0.29) is 0 Å². The predicted molar refractivity (Wildman–Crippen MR) is 58.7 cm³/mol. The molecule has 0 aliphatic heterocycles. The summed E-state index contributed by atoms with van der Waals surface area (Å²) in [6.45, 7) is 0. The van der Waals surface area contributed by atoms with Gasteiger partial charge in [-0.15, -0.1) is 0 Å². The molecule has 0 radical (unpaired) electrons. The number of rotatable bonds is 3. The van der Waals surface area contributed by atoms with Gasteiger partial charge in [-0.25, -0.2) is 4.68 Å². The quantitative estimate of drug-likeness (QED) is 0.559. The standard InChI is InChI=1S/C12H10N2O/c15-10-1-3-11-4-6-12(7-5-11)14-9-2-8-13-14/h1-10H. The van der Waals surface area contributed by atoms with Gasteiger partial charge < -0.3 is 0 Å². The van der Waals surface area contributed by atoms with Crippen molar-refractivity contribution in [3.63, 3.8) is 0 Å². The van der Waals surface area contributed by atoms with Crippen molar-refractivity contribution in [2.45, 2.75) is 0 Å². The minimum Gasteiger partial charge on any atom is -0.299 e. The third-order valence-electron chi connectivity index (χ3n) is 2.03. The summed E-state index contributed by atoms with van der Waals surface area (Å²) in [7, 11) is 0. The van der Waals surface area contributed by atoms with Gasteiger partial charge in [-0.3, -0.25) is 4.79 Å². The molecule has 0 aliphatic carbocycles. The van der Waals surface area contributed by atoms with Crippen LogP contribution in [0.25, 0.3) is 11.8 Å². The zero-order chi connectivity index (χ0) is 10.5. The first-order chi connectivity index (χ1) is 7.40. The molecule has 1 aromatic carbocycles. The third-order valence-corrected chi connectivity index (χ3v) is 2.03. The largest absolute Gasteiger partial charge is 0.299 e. The lowest BCUT2D eigenvalue weighted by Gasteiger charge is -2.00. The van der Waals surface area contributed by atoms with Crippen molar-refractivity contribution >= 4 is 12.4 Å². The second kappa shape index (κ2) is 4.37. The SMILES string of the molecule is O=CC=Cc1ccc(-n2cccn2)cc1. The van der Waals surface area contributed by atoms with Crippen LogP contribution in [0.15, 0.2) is 48.8 Å². The lowest BCUT2D eigenvalue weighted by Crippen LogP contribution is -1.93. The summed E-state index contributed by atoms with van der Waals surface area (Å²) < 4.78 is 1.78. The molecule has 0 N–H and O–H groups in total. The van der Waals surface area contributed by atoms with Gasteiger partial charge in [0.25, 0.3) is 0 Å². The molecule has 2 rings (SSSR count). The van der Waals surface area contributed by atoms with E-state index in [1.54, 1.807) is 17.0 Å². The number of allylic oxidation sites excluding steroid dienone is 1. The first-order valence-corrected chi connectivity index (χ1v) is 4.62. The van der Waals surface area contributed by atoms with Crippen molar-refractivity contribution in [3.05, 3.63) is 54.4 Å². The first-order valence-electron chi connectivity index (χ1n) is 4.62. The van der Waals surface area contributed by atoms with Crippen molar-refractivity contribution in [1.82, 2.24) is 9.78 Å². The van der Waals surface area contributed by atoms with E-state index in [0.29, 0.717) is 0 Å². The van der Waals surface area contributed by atoms with Crippen LogP contribution in [0, 0.1) is 0 Å². The summed E-state index contributed by atoms with van der Waals surface area (Å²) in [6.07, 6.45) is 7.63. The molecule has 2 aromatic rings. The number of aromatic nitrogens is 2. The number of carbonyl (C=O) groups is 1. The van der Waals surface area contributed by atoms with Crippen LogP contribution >= 0.6 is 0 Å². The Bertz CT molecular complexity index is 455. The fourth-order valence-electron chi connectivity index (χ4n) is 1.31. The maximum absolute atomic E-state index is 10.1. The minimum atomic E-state index is 0.765. The summed E-state index contributed by atoms with van der Waals surface area (Å²) in [5, 5.41) is 4.12. The molecule has 0 unspecified atom stereocenters. The van der Waals surface area contributed by atoms with Gasteiger partial charge in [0, 0.05) is 12.4 Å². The fraction of sp³-hybridized carbons (Fsp3) is 0. The smallest absolute Gasteiger partial charge is 0.142 e. The van der Waals surface area contributed by atoms with Crippen LogP contribution in [0.4, 0.5) is 0 Å². The fourth-order valence-corrected chi connectivity index (χ4v) is 1.31. The maximum atomic E-state index is 10.1. The van der Waals surface area contributed by atoms with Gasteiger partial charge in [-0.05, 0) is 29.8 Å². The van der Waals surface area contributed by atoms with E-state index in [4.69, 9.17) is 0 Å². The molecule has 0 aliphatic rings. The highest BCUT2D eigenvalue weighted by Crippen LogP contribution is 2.09. The Hall–Kier alpha value is -2.16. The Morgan fingerprint density at radius 1 is 1.20 bits per heavy atom. The van der Waals surface area contributed by atoms with Gasteiger partial charge in [0.1, 0.15) is 6.29 Å². The highest BCUT2D eigenvalue weighted by atomic mass is 16.1. The second-order valence-electron chi connectivity index (χ2n) is 3.04. The molecular weight excluding hydrogens is 188 g/mol. The maximum Gasteiger partial charge on any atom is 0.142 e. The third kappa shape index (κ3) is 2.20. The second-order valence-corrected chi connectivity index (χ2v) is 3.04. The molecule has 0 saturated carbocycles. The van der Waals surface area contributed by atoms with E-state index < -0.39 is 0 Å². The van der Waals surface area contributed by atoms with Crippen LogP contribution < -0.4 is 0 Å². The Kier molecular flexibility index (Phi) is 2.74. The van der Waals surface area contributed by atoms with Crippen molar-refractivity contribution < 1.29 is 4.79 Å². The number of carbonyl (C=O) groups excluding carboxylic acids is 1. The molecule has 1 aromatic heterocycles. The molecule has 74 valence electrons. The topological polar surface area (TPSA) is 34.9 Å². The van der Waals surface area contributed by atoms with E-state index in [2.05, 4.69) is 5.10 Å². The van der Waals surface area contributed by atoms with Gasteiger partial charge in [0.2, 0.25) is 0 Å². The van der Waals surface area contributed by atoms with Gasteiger partial charge in [0.15, 0.2) is 0 Å². The molecule has 0 fully saturated rings. The lowest BCUT2D eigenvalue weighted by atomic mass is 10.2. The molecule has 0 atom stereocenters. The van der Waals surface area contributed by atoms with E-state index in [1.165, 1.54) is 6.08 Å². The molecule has 3 nitrogen and oxygen atoms in total. The summed E-state index contributed by atoms with van der Waals surface area (Å²) in [5.74, 6) is 0. The van der Waals surface area contributed by atoms with E-state index in [0.717, 1.165) is 17.5 Å². The predicted octanol–water partition coefficient (Wildman–Crippen LogP) is 2.08. The summed E-state index contributed by atoms with van der Waals surface area (Å²) in [4.78, 5) is 10.1. The molecule has 1 heterocycles. The Morgan fingerprint density at radius 3 is 2.60 bits per heavy atom. The van der Waals surface area contributed by atoms with Crippen molar-refractivity contribution in [1.29, 1.82) is 0 Å². The zero-order valence-electron chi connectivity index (χ0n) is 8.08. The molecule has 15 heavy (non-hydrogen) atoms. The first kappa shape index (κ1) is 9.40. The van der Waals surface area contributed by atoms with Gasteiger partial charge in [-0.2, -0.15) is 5.10 Å². The van der Waals surface area contributed by atoms with Crippen LogP contribution in [0.3, 0.4) is 0 Å². The van der Waals surface area contributed by atoms with Crippen molar-refractivity contribution in [2.24, 2.45) is 0 Å². The number of aldehydes is 1. The lowest BCUT2D eigenvalue weighted by molar-refractivity contribution is -0.104. The normalized spacial score (nSPS) is 10.7. The Balaban J connectivity index is 2.24. The molecule has 0 saturated heterocycles.